The van der Waals surface area contributed by atoms with Gasteiger partial charge in [-0.2, -0.15) is 0 Å². The minimum absolute atomic E-state index is 0.641. The van der Waals surface area contributed by atoms with Crippen molar-refractivity contribution in [3.63, 3.8) is 0 Å². The molecule has 0 atom stereocenters. The van der Waals surface area contributed by atoms with Gasteiger partial charge >= 0.3 is 116 Å². The van der Waals surface area contributed by atoms with Gasteiger partial charge in [0, 0.05) is 0 Å². The second-order valence-corrected chi connectivity index (χ2v) is 4.56. The van der Waals surface area contributed by atoms with E-state index < -0.39 is 51.2 Å². The van der Waals surface area contributed by atoms with Crippen LogP contribution < -0.4 is 4.35 Å². The molecule has 0 heterocycles. The molecule has 0 aliphatic heterocycles. The van der Waals surface area contributed by atoms with Gasteiger partial charge in [0.15, 0.2) is 0 Å². The molecule has 0 saturated carbocycles. The predicted octanol–water partition coefficient (Wildman–Crippen LogP) is 3.33. The van der Waals surface area contributed by atoms with Gasteiger partial charge < -0.3 is 0 Å². The van der Waals surface area contributed by atoms with Crippen LogP contribution >= 0.6 is 0 Å². The standard InChI is InChI=1S/C9AsF11/c10-2-1(3(11)5(13)6(14)4(2)12)7(15,16)8(17,18)9(19,20)21. The Kier molecular flexibility index (Phi) is 4.33. The summed E-state index contributed by atoms with van der Waals surface area (Å²) in [5, 5.41) is 0. The quantitative estimate of drug-likeness (QED) is 0.314. The fourth-order valence-electron chi connectivity index (χ4n) is 1.24. The molecule has 1 aromatic carbocycles. The molecule has 2 radical (unpaired) electrons. The Morgan fingerprint density at radius 3 is 1.38 bits per heavy atom. The molecule has 0 aliphatic carbocycles. The molecule has 0 unspecified atom stereocenters. The first-order chi connectivity index (χ1) is 9.18. The molecule has 0 spiro atoms. The molecule has 0 saturated heterocycles. The van der Waals surface area contributed by atoms with Crippen LogP contribution in [0.5, 0.6) is 0 Å². The van der Waals surface area contributed by atoms with Crippen molar-refractivity contribution in [3.05, 3.63) is 28.8 Å². The van der Waals surface area contributed by atoms with Gasteiger partial charge in [0.1, 0.15) is 0 Å². The van der Waals surface area contributed by atoms with E-state index in [4.69, 9.17) is 0 Å². The van der Waals surface area contributed by atoms with Gasteiger partial charge in [0.2, 0.25) is 0 Å². The number of hydrogen-bond acceptors (Lipinski definition) is 0. The second kappa shape index (κ2) is 5.03. The number of rotatable bonds is 2. The normalized spacial score (nSPS) is 13.7. The molecule has 0 amide bonds. The Morgan fingerprint density at radius 1 is 0.619 bits per heavy atom. The zero-order valence-corrected chi connectivity index (χ0v) is 11.0. The van der Waals surface area contributed by atoms with Crippen molar-refractivity contribution < 1.29 is 48.3 Å². The molecule has 0 N–H and O–H groups in total. The Morgan fingerprint density at radius 2 is 1.00 bits per heavy atom. The summed E-state index contributed by atoms with van der Waals surface area (Å²) in [6.45, 7) is 0. The SMILES string of the molecule is Fc1c(F)c(F)c(C(F)(F)C(F)(F)C(F)(F)F)c([As])c1F. The van der Waals surface area contributed by atoms with Crippen molar-refractivity contribution in [1.82, 2.24) is 0 Å². The van der Waals surface area contributed by atoms with E-state index in [0.717, 1.165) is 0 Å². The maximum atomic E-state index is 13.3. The summed E-state index contributed by atoms with van der Waals surface area (Å²) >= 11 is 0.641. The third-order valence-corrected chi connectivity index (χ3v) is 3.19. The molecule has 118 valence electrons. The van der Waals surface area contributed by atoms with Crippen LogP contribution in [0, 0.1) is 23.3 Å². The van der Waals surface area contributed by atoms with Crippen LogP contribution in [0.25, 0.3) is 0 Å². The van der Waals surface area contributed by atoms with Gasteiger partial charge in [-0.3, -0.25) is 0 Å². The van der Waals surface area contributed by atoms with E-state index in [2.05, 4.69) is 0 Å². The van der Waals surface area contributed by atoms with E-state index in [1.807, 2.05) is 0 Å². The van der Waals surface area contributed by atoms with Crippen LogP contribution in [0.15, 0.2) is 0 Å². The van der Waals surface area contributed by atoms with Gasteiger partial charge in [-0.15, -0.1) is 0 Å². The van der Waals surface area contributed by atoms with Gasteiger partial charge in [0.25, 0.3) is 0 Å². The van der Waals surface area contributed by atoms with E-state index in [9.17, 15) is 48.3 Å². The molecule has 21 heavy (non-hydrogen) atoms. The maximum absolute atomic E-state index is 13.3. The molecular weight excluding hydrogens is 392 g/mol. The molecule has 1 rings (SSSR count). The number of benzene rings is 1. The summed E-state index contributed by atoms with van der Waals surface area (Å²) in [7, 11) is 0. The molecular formula is C9AsF11. The van der Waals surface area contributed by atoms with E-state index >= 15 is 0 Å². The van der Waals surface area contributed by atoms with Crippen molar-refractivity contribution in [2.24, 2.45) is 0 Å². The topological polar surface area (TPSA) is 0 Å². The van der Waals surface area contributed by atoms with Gasteiger partial charge in [-0.25, -0.2) is 0 Å². The summed E-state index contributed by atoms with van der Waals surface area (Å²) in [6, 6.07) is 0. The zero-order chi connectivity index (χ0) is 17.0. The first-order valence-corrected chi connectivity index (χ1v) is 5.49. The van der Waals surface area contributed by atoms with Crippen LogP contribution in [0.3, 0.4) is 0 Å². The van der Waals surface area contributed by atoms with Crippen LogP contribution in [-0.4, -0.2) is 29.0 Å². The average molecular weight is 392 g/mol. The van der Waals surface area contributed by atoms with Crippen molar-refractivity contribution >= 4 is 21.2 Å². The monoisotopic (exact) mass is 392 g/mol. The molecule has 0 bridgehead atoms. The number of hydrogen-bond donors (Lipinski definition) is 0. The molecule has 0 aromatic heterocycles. The third-order valence-electron chi connectivity index (χ3n) is 2.31. The van der Waals surface area contributed by atoms with E-state index in [1.165, 1.54) is 0 Å². The molecule has 0 nitrogen and oxygen atoms in total. The molecule has 0 aliphatic rings. The predicted molar refractivity (Wildman–Crippen MR) is 46.6 cm³/mol. The summed E-state index contributed by atoms with van der Waals surface area (Å²) in [5.74, 6) is -24.3. The number of alkyl halides is 7. The minimum atomic E-state index is -6.84. The third kappa shape index (κ3) is 2.49. The first kappa shape index (κ1) is 18.1. The summed E-state index contributed by atoms with van der Waals surface area (Å²) in [4.78, 5) is 0. The van der Waals surface area contributed by atoms with Gasteiger partial charge in [-0.1, -0.05) is 0 Å². The van der Waals surface area contributed by atoms with Crippen molar-refractivity contribution in [2.45, 2.75) is 18.0 Å². The van der Waals surface area contributed by atoms with Crippen LogP contribution in [0.1, 0.15) is 5.56 Å². The molecule has 0 fully saturated rings. The average Bonchev–Trinajstić information content (AvgIpc) is 2.32. The van der Waals surface area contributed by atoms with Crippen molar-refractivity contribution in [2.75, 3.05) is 0 Å². The van der Waals surface area contributed by atoms with Crippen LogP contribution in [0.2, 0.25) is 0 Å². The Balaban J connectivity index is 3.76. The molecule has 1 aromatic rings. The van der Waals surface area contributed by atoms with Gasteiger partial charge in [-0.05, 0) is 0 Å². The van der Waals surface area contributed by atoms with E-state index in [-0.39, 0.29) is 0 Å². The fourth-order valence-corrected chi connectivity index (χ4v) is 1.95. The van der Waals surface area contributed by atoms with Crippen LogP contribution in [0.4, 0.5) is 48.3 Å². The van der Waals surface area contributed by atoms with Gasteiger partial charge in [0.05, 0.1) is 0 Å². The van der Waals surface area contributed by atoms with Crippen molar-refractivity contribution in [1.29, 1.82) is 0 Å². The summed E-state index contributed by atoms with van der Waals surface area (Å²) in [6.07, 6.45) is -6.84. The zero-order valence-electron chi connectivity index (χ0n) is 9.10. The first-order valence-electron chi connectivity index (χ1n) is 4.55. The second-order valence-electron chi connectivity index (χ2n) is 3.63. The molecule has 12 heteroatoms. The Hall–Kier alpha value is -0.992. The number of halogens is 11. The Labute approximate surface area is 117 Å². The van der Waals surface area contributed by atoms with Crippen molar-refractivity contribution in [3.8, 4) is 0 Å². The fraction of sp³-hybridized carbons (Fsp3) is 0.333. The van der Waals surface area contributed by atoms with E-state index in [1.54, 1.807) is 0 Å². The van der Waals surface area contributed by atoms with Crippen LogP contribution in [-0.2, 0) is 5.92 Å². The summed E-state index contributed by atoms with van der Waals surface area (Å²) < 4.78 is 137. The Bertz CT molecular complexity index is 545. The summed E-state index contributed by atoms with van der Waals surface area (Å²) in [5.41, 5.74) is -2.93. The van der Waals surface area contributed by atoms with E-state index in [0.29, 0.717) is 16.9 Å².